The van der Waals surface area contributed by atoms with E-state index in [4.69, 9.17) is 9.73 Å². The molecule has 0 aliphatic carbocycles. The summed E-state index contributed by atoms with van der Waals surface area (Å²) >= 11 is 0. The van der Waals surface area contributed by atoms with Gasteiger partial charge in [0.15, 0.2) is 5.96 Å². The van der Waals surface area contributed by atoms with E-state index in [0.29, 0.717) is 13.1 Å². The molecule has 0 saturated carbocycles. The summed E-state index contributed by atoms with van der Waals surface area (Å²) in [5, 5.41) is 3.41. The van der Waals surface area contributed by atoms with Crippen LogP contribution in [0.15, 0.2) is 47.6 Å². The van der Waals surface area contributed by atoms with Gasteiger partial charge in [0.1, 0.15) is 17.7 Å². The Labute approximate surface area is 207 Å². The van der Waals surface area contributed by atoms with Gasteiger partial charge in [-0.1, -0.05) is 18.2 Å². The Balaban J connectivity index is 0.00000289. The zero-order valence-electron chi connectivity index (χ0n) is 18.8. The van der Waals surface area contributed by atoms with E-state index in [-0.39, 0.29) is 42.0 Å². The smallest absolute Gasteiger partial charge is 0.194 e. The summed E-state index contributed by atoms with van der Waals surface area (Å²) in [6, 6.07) is 10.8. The van der Waals surface area contributed by atoms with Crippen LogP contribution in [0.1, 0.15) is 43.9 Å². The van der Waals surface area contributed by atoms with Gasteiger partial charge in [-0.2, -0.15) is 0 Å². The van der Waals surface area contributed by atoms with Gasteiger partial charge < -0.3 is 19.9 Å². The van der Waals surface area contributed by atoms with Gasteiger partial charge in [0.05, 0.1) is 19.2 Å². The molecule has 1 aromatic heterocycles. The molecule has 2 unspecified atom stereocenters. The molecule has 0 amide bonds. The van der Waals surface area contributed by atoms with Gasteiger partial charge in [-0.15, -0.1) is 24.0 Å². The standard InChI is InChI=1S/C24H32FN5O.HI/c1-3-26-24(28-15-19-6-11-23(27-14-19)29-12-4-5-13-29)30-16-18(2)31-22(17-30)20-7-9-21(25)10-8-20;/h6-11,14,18,22H,3-5,12-13,15-17H2,1-2H3,(H,26,28);1H. The first-order valence-electron chi connectivity index (χ1n) is 11.3. The number of morpholine rings is 1. The van der Waals surface area contributed by atoms with Crippen molar-refractivity contribution >= 4 is 35.8 Å². The number of nitrogens with zero attached hydrogens (tertiary/aromatic N) is 4. The average Bonchev–Trinajstić information content (AvgIpc) is 3.32. The van der Waals surface area contributed by atoms with Crippen LogP contribution in [0.2, 0.25) is 0 Å². The molecule has 2 aromatic rings. The van der Waals surface area contributed by atoms with Gasteiger partial charge in [0, 0.05) is 32.4 Å². The first kappa shape index (κ1) is 24.7. The van der Waals surface area contributed by atoms with Gasteiger partial charge in [0.25, 0.3) is 0 Å². The minimum atomic E-state index is -0.233. The number of rotatable bonds is 5. The number of hydrogen-bond acceptors (Lipinski definition) is 4. The van der Waals surface area contributed by atoms with Crippen molar-refractivity contribution in [1.82, 2.24) is 15.2 Å². The Hall–Kier alpha value is -1.94. The van der Waals surface area contributed by atoms with Crippen molar-refractivity contribution in [3.63, 3.8) is 0 Å². The largest absolute Gasteiger partial charge is 0.367 e. The molecule has 1 aromatic carbocycles. The monoisotopic (exact) mass is 553 g/mol. The molecule has 174 valence electrons. The van der Waals surface area contributed by atoms with Gasteiger partial charge in [0.2, 0.25) is 0 Å². The van der Waals surface area contributed by atoms with E-state index in [1.54, 1.807) is 12.1 Å². The Morgan fingerprint density at radius 2 is 1.91 bits per heavy atom. The third-order valence-corrected chi connectivity index (χ3v) is 5.79. The van der Waals surface area contributed by atoms with Crippen LogP contribution in [0.25, 0.3) is 0 Å². The highest BCUT2D eigenvalue weighted by Crippen LogP contribution is 2.25. The number of anilines is 1. The van der Waals surface area contributed by atoms with Crippen LogP contribution in [-0.4, -0.2) is 54.7 Å². The average molecular weight is 553 g/mol. The van der Waals surface area contributed by atoms with Gasteiger partial charge >= 0.3 is 0 Å². The molecule has 1 N–H and O–H groups in total. The molecule has 0 spiro atoms. The van der Waals surface area contributed by atoms with Gasteiger partial charge in [-0.3, -0.25) is 0 Å². The van der Waals surface area contributed by atoms with E-state index in [0.717, 1.165) is 49.1 Å². The summed E-state index contributed by atoms with van der Waals surface area (Å²) in [5.74, 6) is 1.69. The lowest BCUT2D eigenvalue weighted by molar-refractivity contribution is -0.0605. The maximum atomic E-state index is 13.3. The number of aromatic nitrogens is 1. The molecule has 3 heterocycles. The van der Waals surface area contributed by atoms with Crippen molar-refractivity contribution in [1.29, 1.82) is 0 Å². The highest BCUT2D eigenvalue weighted by Gasteiger charge is 2.28. The first-order chi connectivity index (χ1) is 15.1. The maximum absolute atomic E-state index is 13.3. The van der Waals surface area contributed by atoms with E-state index >= 15 is 0 Å². The molecule has 2 fully saturated rings. The summed E-state index contributed by atoms with van der Waals surface area (Å²) in [6.45, 7) is 9.12. The molecule has 2 atom stereocenters. The predicted molar refractivity (Wildman–Crippen MR) is 137 cm³/mol. The second-order valence-electron chi connectivity index (χ2n) is 8.28. The summed E-state index contributed by atoms with van der Waals surface area (Å²) in [7, 11) is 0. The first-order valence-corrected chi connectivity index (χ1v) is 11.3. The number of halogens is 2. The van der Waals surface area contributed by atoms with Crippen molar-refractivity contribution in [2.75, 3.05) is 37.6 Å². The minimum Gasteiger partial charge on any atom is -0.367 e. The molecular formula is C24H33FIN5O. The van der Waals surface area contributed by atoms with Crippen LogP contribution in [0.5, 0.6) is 0 Å². The van der Waals surface area contributed by atoms with E-state index in [1.165, 1.54) is 25.0 Å². The molecule has 0 radical (unpaired) electrons. The van der Waals surface area contributed by atoms with E-state index in [1.807, 2.05) is 6.20 Å². The summed E-state index contributed by atoms with van der Waals surface area (Å²) in [4.78, 5) is 14.1. The number of ether oxygens (including phenoxy) is 1. The molecule has 4 rings (SSSR count). The van der Waals surface area contributed by atoms with Crippen molar-refractivity contribution in [3.8, 4) is 0 Å². The number of benzene rings is 1. The molecule has 2 aliphatic heterocycles. The number of nitrogens with one attached hydrogen (secondary N) is 1. The van der Waals surface area contributed by atoms with E-state index in [2.05, 4.69) is 46.1 Å². The lowest BCUT2D eigenvalue weighted by Crippen LogP contribution is -2.50. The number of pyridine rings is 1. The lowest BCUT2D eigenvalue weighted by Gasteiger charge is -2.38. The zero-order valence-corrected chi connectivity index (χ0v) is 21.2. The quantitative estimate of drug-likeness (QED) is 0.339. The molecule has 0 bridgehead atoms. The van der Waals surface area contributed by atoms with Crippen LogP contribution in [0.3, 0.4) is 0 Å². The van der Waals surface area contributed by atoms with Crippen LogP contribution in [0, 0.1) is 5.82 Å². The van der Waals surface area contributed by atoms with E-state index < -0.39 is 0 Å². The second-order valence-corrected chi connectivity index (χ2v) is 8.28. The van der Waals surface area contributed by atoms with Gasteiger partial charge in [-0.05, 0) is 56.0 Å². The predicted octanol–water partition coefficient (Wildman–Crippen LogP) is 4.37. The fraction of sp³-hybridized carbons (Fsp3) is 0.500. The maximum Gasteiger partial charge on any atom is 0.194 e. The van der Waals surface area contributed by atoms with Crippen LogP contribution in [0.4, 0.5) is 10.2 Å². The molecule has 2 aliphatic rings. The number of hydrogen-bond donors (Lipinski definition) is 1. The highest BCUT2D eigenvalue weighted by atomic mass is 127. The minimum absolute atomic E-state index is 0. The van der Waals surface area contributed by atoms with E-state index in [9.17, 15) is 4.39 Å². The topological polar surface area (TPSA) is 53.0 Å². The molecular weight excluding hydrogens is 520 g/mol. The molecule has 2 saturated heterocycles. The third kappa shape index (κ3) is 6.31. The Morgan fingerprint density at radius 1 is 1.16 bits per heavy atom. The van der Waals surface area contributed by atoms with Crippen molar-refractivity contribution in [2.45, 2.75) is 45.4 Å². The van der Waals surface area contributed by atoms with Crippen LogP contribution >= 0.6 is 24.0 Å². The zero-order chi connectivity index (χ0) is 21.6. The van der Waals surface area contributed by atoms with Crippen molar-refractivity contribution < 1.29 is 9.13 Å². The van der Waals surface area contributed by atoms with Gasteiger partial charge in [-0.25, -0.2) is 14.4 Å². The van der Waals surface area contributed by atoms with Crippen LogP contribution in [-0.2, 0) is 11.3 Å². The molecule has 32 heavy (non-hydrogen) atoms. The second kappa shape index (κ2) is 11.8. The Morgan fingerprint density at radius 3 is 2.56 bits per heavy atom. The fourth-order valence-corrected chi connectivity index (χ4v) is 4.22. The molecule has 6 nitrogen and oxygen atoms in total. The van der Waals surface area contributed by atoms with Crippen molar-refractivity contribution in [2.24, 2.45) is 4.99 Å². The normalized spacial score (nSPS) is 21.4. The summed E-state index contributed by atoms with van der Waals surface area (Å²) < 4.78 is 19.5. The SMILES string of the molecule is CCNC(=NCc1ccc(N2CCCC2)nc1)N1CC(C)OC(c2ccc(F)cc2)C1.I. The summed E-state index contributed by atoms with van der Waals surface area (Å²) in [6.07, 6.45) is 4.36. The molecule has 8 heteroatoms. The summed E-state index contributed by atoms with van der Waals surface area (Å²) in [5.41, 5.74) is 2.07. The fourth-order valence-electron chi connectivity index (χ4n) is 4.22. The third-order valence-electron chi connectivity index (χ3n) is 5.79. The number of aliphatic imine (C=N–C) groups is 1. The highest BCUT2D eigenvalue weighted by molar-refractivity contribution is 14.0. The Bertz CT molecular complexity index is 871. The number of guanidine groups is 1. The van der Waals surface area contributed by atoms with Crippen LogP contribution < -0.4 is 10.2 Å². The van der Waals surface area contributed by atoms with Crippen molar-refractivity contribution in [3.05, 3.63) is 59.5 Å². The lowest BCUT2D eigenvalue weighted by atomic mass is 10.1. The Kier molecular flexibility index (Phi) is 9.10.